The number of hydrogen-bond donors (Lipinski definition) is 0. The molecule has 2 amide bonds. The summed E-state index contributed by atoms with van der Waals surface area (Å²) >= 11 is 4.48. The smallest absolute Gasteiger partial charge is 0.293 e. The van der Waals surface area contributed by atoms with Gasteiger partial charge in [-0.1, -0.05) is 22.0 Å². The number of aryl methyl sites for hydroxylation is 1. The molecule has 1 aliphatic rings. The first kappa shape index (κ1) is 17.0. The first-order chi connectivity index (χ1) is 11.4. The lowest BCUT2D eigenvalue weighted by atomic mass is 10.1. The van der Waals surface area contributed by atoms with Gasteiger partial charge in [0.2, 0.25) is 0 Å². The second-order valence-electron chi connectivity index (χ2n) is 5.83. The molecule has 1 aromatic carbocycles. The molecule has 2 aromatic rings. The molecule has 1 aliphatic heterocycles. The van der Waals surface area contributed by atoms with Crippen molar-refractivity contribution in [1.29, 1.82) is 0 Å². The monoisotopic (exact) mass is 405 g/mol. The van der Waals surface area contributed by atoms with Crippen molar-refractivity contribution in [1.82, 2.24) is 4.90 Å². The zero-order valence-corrected chi connectivity index (χ0v) is 15.9. The van der Waals surface area contributed by atoms with Gasteiger partial charge in [0.05, 0.1) is 4.91 Å². The fraction of sp³-hybridized carbons (Fsp3) is 0.222. The number of halogens is 1. The van der Waals surface area contributed by atoms with Crippen LogP contribution < -0.4 is 0 Å². The molecule has 0 unspecified atom stereocenters. The molecular formula is C18H16BrNO3S. The van der Waals surface area contributed by atoms with Crippen LogP contribution in [0.1, 0.15) is 25.2 Å². The highest BCUT2D eigenvalue weighted by molar-refractivity contribution is 9.10. The third-order valence-corrected chi connectivity index (χ3v) is 5.17. The third kappa shape index (κ3) is 3.21. The fourth-order valence-corrected chi connectivity index (χ4v) is 4.08. The number of carbonyl (C=O) groups excluding carboxylic acids is 2. The summed E-state index contributed by atoms with van der Waals surface area (Å²) in [7, 11) is 0. The van der Waals surface area contributed by atoms with Crippen LogP contribution in [0.2, 0.25) is 0 Å². The zero-order valence-electron chi connectivity index (χ0n) is 13.5. The summed E-state index contributed by atoms with van der Waals surface area (Å²) in [5.74, 6) is 0.984. The average molecular weight is 406 g/mol. The fourth-order valence-electron chi connectivity index (χ4n) is 2.45. The largest absolute Gasteiger partial charge is 0.457 e. The summed E-state index contributed by atoms with van der Waals surface area (Å²) in [6.45, 7) is 5.66. The van der Waals surface area contributed by atoms with Gasteiger partial charge in [0.15, 0.2) is 0 Å². The van der Waals surface area contributed by atoms with Crippen molar-refractivity contribution in [2.75, 3.05) is 0 Å². The van der Waals surface area contributed by atoms with E-state index in [1.54, 1.807) is 12.1 Å². The van der Waals surface area contributed by atoms with E-state index >= 15 is 0 Å². The Kier molecular flexibility index (Phi) is 4.69. The molecule has 1 aromatic heterocycles. The van der Waals surface area contributed by atoms with Crippen molar-refractivity contribution in [3.8, 4) is 11.3 Å². The maximum absolute atomic E-state index is 12.3. The number of nitrogens with zero attached hydrogens (tertiary/aromatic N) is 1. The molecule has 0 bridgehead atoms. The highest BCUT2D eigenvalue weighted by Gasteiger charge is 2.36. The van der Waals surface area contributed by atoms with Crippen LogP contribution in [-0.4, -0.2) is 22.1 Å². The summed E-state index contributed by atoms with van der Waals surface area (Å²) in [6.07, 6.45) is 1.62. The lowest BCUT2D eigenvalue weighted by molar-refractivity contribution is -0.123. The number of carbonyl (C=O) groups is 2. The van der Waals surface area contributed by atoms with E-state index in [0.717, 1.165) is 27.4 Å². The minimum absolute atomic E-state index is 0.154. The molecule has 124 valence electrons. The Balaban J connectivity index is 1.89. The molecule has 0 aliphatic carbocycles. The van der Waals surface area contributed by atoms with Crippen molar-refractivity contribution >= 4 is 44.9 Å². The van der Waals surface area contributed by atoms with Crippen molar-refractivity contribution in [3.63, 3.8) is 0 Å². The maximum Gasteiger partial charge on any atom is 0.293 e. The van der Waals surface area contributed by atoms with E-state index in [4.69, 9.17) is 4.42 Å². The normalized spacial score (nSPS) is 16.7. The van der Waals surface area contributed by atoms with Crippen LogP contribution in [0, 0.1) is 6.92 Å². The molecule has 24 heavy (non-hydrogen) atoms. The molecule has 1 fully saturated rings. The summed E-state index contributed by atoms with van der Waals surface area (Å²) in [4.78, 5) is 25.9. The quantitative estimate of drug-likeness (QED) is 0.635. The number of furan rings is 1. The van der Waals surface area contributed by atoms with E-state index in [-0.39, 0.29) is 17.2 Å². The Morgan fingerprint density at radius 1 is 1.21 bits per heavy atom. The van der Waals surface area contributed by atoms with E-state index in [0.29, 0.717) is 16.4 Å². The number of amides is 2. The van der Waals surface area contributed by atoms with Gasteiger partial charge in [-0.15, -0.1) is 0 Å². The molecule has 3 rings (SSSR count). The van der Waals surface area contributed by atoms with Crippen LogP contribution in [0.25, 0.3) is 17.4 Å². The van der Waals surface area contributed by atoms with Gasteiger partial charge < -0.3 is 4.42 Å². The second-order valence-corrected chi connectivity index (χ2v) is 7.68. The van der Waals surface area contributed by atoms with Gasteiger partial charge in [-0.3, -0.25) is 14.5 Å². The number of rotatable bonds is 3. The average Bonchev–Trinajstić information content (AvgIpc) is 3.04. The minimum Gasteiger partial charge on any atom is -0.457 e. The molecule has 0 N–H and O–H groups in total. The second kappa shape index (κ2) is 6.61. The summed E-state index contributed by atoms with van der Waals surface area (Å²) in [5.41, 5.74) is 2.09. The predicted molar refractivity (Wildman–Crippen MR) is 99.5 cm³/mol. The standard InChI is InChI=1S/C18H16BrNO3S/c1-10(2)20-17(21)16(24-18(20)22)9-12-5-7-15(23-12)13-6-4-11(3)8-14(13)19/h4-10H,1-3H3/b16-9-. The Hall–Kier alpha value is -1.79. The van der Waals surface area contributed by atoms with Gasteiger partial charge in [0.1, 0.15) is 11.5 Å². The number of thioether (sulfide) groups is 1. The summed E-state index contributed by atoms with van der Waals surface area (Å²) in [6, 6.07) is 9.51. The van der Waals surface area contributed by atoms with Gasteiger partial charge in [-0.05, 0) is 62.4 Å². The van der Waals surface area contributed by atoms with Crippen molar-refractivity contribution in [2.24, 2.45) is 0 Å². The lowest BCUT2D eigenvalue weighted by Crippen LogP contribution is -2.34. The minimum atomic E-state index is -0.269. The zero-order chi connectivity index (χ0) is 17.4. The van der Waals surface area contributed by atoms with Crippen molar-refractivity contribution in [3.05, 3.63) is 51.0 Å². The molecule has 4 nitrogen and oxygen atoms in total. The Labute approximate surface area is 153 Å². The Bertz CT molecular complexity index is 854. The molecule has 0 saturated carbocycles. The van der Waals surface area contributed by atoms with Gasteiger partial charge >= 0.3 is 0 Å². The highest BCUT2D eigenvalue weighted by atomic mass is 79.9. The van der Waals surface area contributed by atoms with Gasteiger partial charge in [-0.25, -0.2) is 0 Å². The van der Waals surface area contributed by atoms with Crippen molar-refractivity contribution in [2.45, 2.75) is 26.8 Å². The summed E-state index contributed by atoms with van der Waals surface area (Å²) < 4.78 is 6.78. The van der Waals surface area contributed by atoms with Gasteiger partial charge in [0, 0.05) is 22.2 Å². The van der Waals surface area contributed by atoms with Crippen LogP contribution in [0.15, 0.2) is 44.1 Å². The molecule has 2 heterocycles. The Morgan fingerprint density at radius 3 is 2.58 bits per heavy atom. The number of hydrogen-bond acceptors (Lipinski definition) is 4. The number of benzene rings is 1. The first-order valence-electron chi connectivity index (χ1n) is 7.50. The molecule has 1 saturated heterocycles. The predicted octanol–water partition coefficient (Wildman–Crippen LogP) is 5.46. The van der Waals surface area contributed by atoms with E-state index in [2.05, 4.69) is 15.9 Å². The van der Waals surface area contributed by atoms with E-state index in [1.807, 2.05) is 45.0 Å². The Morgan fingerprint density at radius 2 is 1.96 bits per heavy atom. The van der Waals surface area contributed by atoms with Crippen molar-refractivity contribution < 1.29 is 14.0 Å². The molecule has 0 atom stereocenters. The van der Waals surface area contributed by atoms with Crippen LogP contribution in [0.4, 0.5) is 4.79 Å². The molecule has 6 heteroatoms. The number of imide groups is 1. The van der Waals surface area contributed by atoms with Crippen LogP contribution >= 0.6 is 27.7 Å². The van der Waals surface area contributed by atoms with Crippen LogP contribution in [-0.2, 0) is 4.79 Å². The van der Waals surface area contributed by atoms with Gasteiger partial charge in [-0.2, -0.15) is 0 Å². The van der Waals surface area contributed by atoms with Crippen LogP contribution in [0.5, 0.6) is 0 Å². The topological polar surface area (TPSA) is 50.5 Å². The van der Waals surface area contributed by atoms with Gasteiger partial charge in [0.25, 0.3) is 11.1 Å². The SMILES string of the molecule is Cc1ccc(-c2ccc(/C=C3\SC(=O)N(C(C)C)C3=O)o2)c(Br)c1. The molecular weight excluding hydrogens is 390 g/mol. The molecule has 0 radical (unpaired) electrons. The lowest BCUT2D eigenvalue weighted by Gasteiger charge is -2.16. The first-order valence-corrected chi connectivity index (χ1v) is 9.11. The highest BCUT2D eigenvalue weighted by Crippen LogP contribution is 2.35. The van der Waals surface area contributed by atoms with E-state index in [9.17, 15) is 9.59 Å². The molecule has 0 spiro atoms. The maximum atomic E-state index is 12.3. The third-order valence-electron chi connectivity index (χ3n) is 3.63. The summed E-state index contributed by atoms with van der Waals surface area (Å²) in [5, 5.41) is -0.241. The van der Waals surface area contributed by atoms with E-state index < -0.39 is 0 Å². The van der Waals surface area contributed by atoms with Crippen LogP contribution in [0.3, 0.4) is 0 Å². The van der Waals surface area contributed by atoms with E-state index in [1.165, 1.54) is 4.90 Å².